The molecule has 0 bridgehead atoms. The third-order valence-electron chi connectivity index (χ3n) is 1.07. The summed E-state index contributed by atoms with van der Waals surface area (Å²) in [6.45, 7) is 0.667. The van der Waals surface area contributed by atoms with E-state index in [9.17, 15) is 4.79 Å². The molecule has 1 aliphatic rings. The van der Waals surface area contributed by atoms with E-state index in [2.05, 4.69) is 15.9 Å². The Hall–Kier alpha value is -0.570. The molecule has 1 heterocycles. The molecule has 0 aliphatic carbocycles. The van der Waals surface area contributed by atoms with Crippen molar-refractivity contribution in [2.24, 2.45) is 0 Å². The molecule has 0 fully saturated rings. The molecule has 2 nitrogen and oxygen atoms in total. The average molecular weight is 188 g/mol. The minimum absolute atomic E-state index is 0.667. The van der Waals surface area contributed by atoms with Crippen LogP contribution in [0.15, 0.2) is 22.8 Å². The van der Waals surface area contributed by atoms with Gasteiger partial charge in [-0.1, -0.05) is 12.2 Å². The van der Waals surface area contributed by atoms with Gasteiger partial charge in [0.25, 0.3) is 0 Å². The van der Waals surface area contributed by atoms with Crippen LogP contribution in [0.3, 0.4) is 0 Å². The first-order chi connectivity index (χ1) is 4.34. The van der Waals surface area contributed by atoms with E-state index in [0.29, 0.717) is 6.54 Å². The minimum atomic E-state index is 0.667. The highest BCUT2D eigenvalue weighted by atomic mass is 79.9. The predicted molar refractivity (Wildman–Crippen MR) is 38.9 cm³/mol. The predicted octanol–water partition coefficient (Wildman–Crippen LogP) is 1.25. The lowest BCUT2D eigenvalue weighted by molar-refractivity contribution is -0.115. The SMILES string of the molecule is O=CN1CC=CC=C1Br. The van der Waals surface area contributed by atoms with Crippen molar-refractivity contribution in [2.75, 3.05) is 6.54 Å². The van der Waals surface area contributed by atoms with E-state index in [4.69, 9.17) is 0 Å². The van der Waals surface area contributed by atoms with Gasteiger partial charge in [-0.2, -0.15) is 0 Å². The quantitative estimate of drug-likeness (QED) is 0.448. The van der Waals surface area contributed by atoms with Gasteiger partial charge in [0.15, 0.2) is 0 Å². The summed E-state index contributed by atoms with van der Waals surface area (Å²) in [6.07, 6.45) is 6.45. The molecule has 48 valence electrons. The maximum atomic E-state index is 10.2. The topological polar surface area (TPSA) is 20.3 Å². The average Bonchev–Trinajstić information content (AvgIpc) is 1.89. The largest absolute Gasteiger partial charge is 0.305 e. The van der Waals surface area contributed by atoms with Crippen LogP contribution in [0.25, 0.3) is 0 Å². The van der Waals surface area contributed by atoms with Gasteiger partial charge < -0.3 is 4.90 Å². The van der Waals surface area contributed by atoms with E-state index in [1.54, 1.807) is 4.90 Å². The van der Waals surface area contributed by atoms with Crippen molar-refractivity contribution >= 4 is 22.3 Å². The summed E-state index contributed by atoms with van der Waals surface area (Å²) in [5, 5.41) is 0. The van der Waals surface area contributed by atoms with Gasteiger partial charge in [-0.25, -0.2) is 0 Å². The second kappa shape index (κ2) is 2.82. The Labute approximate surface area is 62.0 Å². The van der Waals surface area contributed by atoms with Crippen LogP contribution in [0.4, 0.5) is 0 Å². The fourth-order valence-corrected chi connectivity index (χ4v) is 0.979. The van der Waals surface area contributed by atoms with Crippen molar-refractivity contribution in [1.82, 2.24) is 4.90 Å². The van der Waals surface area contributed by atoms with Crippen LogP contribution in [0, 0.1) is 0 Å². The number of nitrogens with zero attached hydrogens (tertiary/aromatic N) is 1. The maximum Gasteiger partial charge on any atom is 0.214 e. The van der Waals surface area contributed by atoms with E-state index in [1.165, 1.54) is 0 Å². The molecular weight excluding hydrogens is 182 g/mol. The van der Waals surface area contributed by atoms with Gasteiger partial charge in [0.1, 0.15) is 0 Å². The van der Waals surface area contributed by atoms with Gasteiger partial charge >= 0.3 is 0 Å². The normalized spacial score (nSPS) is 17.4. The van der Waals surface area contributed by atoms with Gasteiger partial charge in [-0.15, -0.1) is 0 Å². The van der Waals surface area contributed by atoms with E-state index in [-0.39, 0.29) is 0 Å². The first kappa shape index (κ1) is 6.55. The number of hydrogen-bond acceptors (Lipinski definition) is 1. The van der Waals surface area contributed by atoms with E-state index >= 15 is 0 Å². The van der Waals surface area contributed by atoms with Crippen LogP contribution in [0.2, 0.25) is 0 Å². The Morgan fingerprint density at radius 3 is 3.00 bits per heavy atom. The summed E-state index contributed by atoms with van der Waals surface area (Å²) in [5.74, 6) is 0. The van der Waals surface area contributed by atoms with Crippen LogP contribution in [-0.2, 0) is 4.79 Å². The smallest absolute Gasteiger partial charge is 0.214 e. The lowest BCUT2D eigenvalue weighted by atomic mass is 10.4. The van der Waals surface area contributed by atoms with Crippen molar-refractivity contribution in [3.63, 3.8) is 0 Å². The molecule has 0 aromatic rings. The van der Waals surface area contributed by atoms with Crippen molar-refractivity contribution in [1.29, 1.82) is 0 Å². The van der Waals surface area contributed by atoms with Crippen LogP contribution < -0.4 is 0 Å². The number of amides is 1. The third kappa shape index (κ3) is 1.42. The Kier molecular flexibility index (Phi) is 2.05. The number of carbonyl (C=O) groups excluding carboxylic acids is 1. The molecule has 0 unspecified atom stereocenters. The van der Waals surface area contributed by atoms with Gasteiger partial charge in [0.05, 0.1) is 4.61 Å². The lowest BCUT2D eigenvalue weighted by Gasteiger charge is -2.15. The molecule has 0 saturated heterocycles. The summed E-state index contributed by atoms with van der Waals surface area (Å²) in [4.78, 5) is 11.8. The molecule has 1 aliphatic heterocycles. The monoisotopic (exact) mass is 187 g/mol. The summed E-state index contributed by atoms with van der Waals surface area (Å²) in [6, 6.07) is 0. The first-order valence-electron chi connectivity index (χ1n) is 2.59. The second-order valence-electron chi connectivity index (χ2n) is 1.68. The van der Waals surface area contributed by atoms with Crippen molar-refractivity contribution < 1.29 is 4.79 Å². The Morgan fingerprint density at radius 2 is 2.56 bits per heavy atom. The fourth-order valence-electron chi connectivity index (χ4n) is 0.598. The number of carbonyl (C=O) groups is 1. The fraction of sp³-hybridized carbons (Fsp3) is 0.167. The van der Waals surface area contributed by atoms with E-state index in [1.807, 2.05) is 18.2 Å². The summed E-state index contributed by atoms with van der Waals surface area (Å²) >= 11 is 3.22. The Balaban J connectivity index is 2.69. The second-order valence-corrected chi connectivity index (χ2v) is 2.49. The van der Waals surface area contributed by atoms with Gasteiger partial charge in [-0.05, 0) is 22.0 Å². The van der Waals surface area contributed by atoms with E-state index < -0.39 is 0 Å². The minimum Gasteiger partial charge on any atom is -0.305 e. The van der Waals surface area contributed by atoms with Crippen molar-refractivity contribution in [3.8, 4) is 0 Å². The number of allylic oxidation sites excluding steroid dienone is 2. The summed E-state index contributed by atoms with van der Waals surface area (Å²) in [7, 11) is 0. The highest BCUT2D eigenvalue weighted by molar-refractivity contribution is 9.11. The molecule has 3 heteroatoms. The molecule has 0 radical (unpaired) electrons. The zero-order chi connectivity index (χ0) is 6.69. The van der Waals surface area contributed by atoms with Crippen LogP contribution >= 0.6 is 15.9 Å². The highest BCUT2D eigenvalue weighted by Gasteiger charge is 2.03. The molecule has 0 atom stereocenters. The van der Waals surface area contributed by atoms with Gasteiger partial charge in [-0.3, -0.25) is 4.79 Å². The van der Waals surface area contributed by atoms with Gasteiger partial charge in [0, 0.05) is 6.54 Å². The van der Waals surface area contributed by atoms with Gasteiger partial charge in [0.2, 0.25) is 6.41 Å². The zero-order valence-corrected chi connectivity index (χ0v) is 6.34. The molecule has 0 N–H and O–H groups in total. The van der Waals surface area contributed by atoms with E-state index in [0.717, 1.165) is 11.0 Å². The highest BCUT2D eigenvalue weighted by Crippen LogP contribution is 2.12. The number of rotatable bonds is 1. The third-order valence-corrected chi connectivity index (χ3v) is 1.79. The summed E-state index contributed by atoms with van der Waals surface area (Å²) in [5.41, 5.74) is 0. The van der Waals surface area contributed by atoms with Crippen molar-refractivity contribution in [3.05, 3.63) is 22.8 Å². The molecule has 0 spiro atoms. The van der Waals surface area contributed by atoms with Crippen LogP contribution in [0.1, 0.15) is 0 Å². The molecule has 0 aromatic heterocycles. The molecular formula is C6H6BrNO. The Bertz CT molecular complexity index is 174. The molecule has 1 rings (SSSR count). The summed E-state index contributed by atoms with van der Waals surface area (Å²) < 4.78 is 0.819. The lowest BCUT2D eigenvalue weighted by Crippen LogP contribution is -2.19. The Morgan fingerprint density at radius 1 is 1.78 bits per heavy atom. The molecule has 0 saturated carbocycles. The first-order valence-corrected chi connectivity index (χ1v) is 3.38. The van der Waals surface area contributed by atoms with Crippen molar-refractivity contribution in [2.45, 2.75) is 0 Å². The zero-order valence-electron chi connectivity index (χ0n) is 4.75. The number of hydrogen-bond donors (Lipinski definition) is 0. The van der Waals surface area contributed by atoms with Crippen LogP contribution in [0.5, 0.6) is 0 Å². The number of halogens is 1. The van der Waals surface area contributed by atoms with Crippen LogP contribution in [-0.4, -0.2) is 17.9 Å². The maximum absolute atomic E-state index is 10.2. The standard InChI is InChI=1S/C6H6BrNO/c7-6-3-1-2-4-8(6)5-9/h1-3,5H,4H2. The molecule has 1 amide bonds. The molecule has 9 heavy (non-hydrogen) atoms. The molecule has 0 aromatic carbocycles.